The monoisotopic (exact) mass is 397 g/mol. The number of sulfonamides is 1. The van der Waals surface area contributed by atoms with Crippen molar-refractivity contribution in [1.29, 1.82) is 0 Å². The maximum Gasteiger partial charge on any atom is 0.265 e. The zero-order chi connectivity index (χ0) is 16.9. The first kappa shape index (κ1) is 17.4. The fraction of sp³-hybridized carbons (Fsp3) is 0.125. The molecule has 0 heterocycles. The van der Waals surface area contributed by atoms with Crippen molar-refractivity contribution in [3.8, 4) is 11.5 Å². The van der Waals surface area contributed by atoms with Crippen molar-refractivity contribution in [3.05, 3.63) is 59.6 Å². The molecular weight excluding hydrogens is 382 g/mol. The quantitative estimate of drug-likeness (QED) is 0.721. The summed E-state index contributed by atoms with van der Waals surface area (Å²) in [6, 6.07) is 11.4. The zero-order valence-electron chi connectivity index (χ0n) is 12.5. The van der Waals surface area contributed by atoms with E-state index in [9.17, 15) is 8.42 Å². The predicted octanol–water partition coefficient (Wildman–Crippen LogP) is 3.82. The summed E-state index contributed by atoms with van der Waals surface area (Å²) in [6.45, 7) is 3.96. The Morgan fingerprint density at radius 2 is 1.91 bits per heavy atom. The molecule has 0 fully saturated rings. The fourth-order valence-corrected chi connectivity index (χ4v) is 3.61. The molecule has 0 unspecified atom stereocenters. The number of hydrogen-bond donors (Lipinski definition) is 1. The molecule has 0 aliphatic rings. The molecule has 0 saturated heterocycles. The molecule has 0 aliphatic heterocycles. The lowest BCUT2D eigenvalue weighted by atomic mass is 10.3. The summed E-state index contributed by atoms with van der Waals surface area (Å²) >= 11 is 3.26. The van der Waals surface area contributed by atoms with Gasteiger partial charge >= 0.3 is 0 Å². The Morgan fingerprint density at radius 3 is 2.52 bits per heavy atom. The smallest absolute Gasteiger partial charge is 0.265 e. The molecule has 0 radical (unpaired) electrons. The van der Waals surface area contributed by atoms with Crippen LogP contribution in [0.4, 0.5) is 5.69 Å². The van der Waals surface area contributed by atoms with E-state index in [1.165, 1.54) is 13.2 Å². The Bertz CT molecular complexity index is 788. The first-order valence-corrected chi connectivity index (χ1v) is 8.94. The second kappa shape index (κ2) is 7.52. The minimum Gasteiger partial charge on any atom is -0.495 e. The molecule has 0 atom stereocenters. The van der Waals surface area contributed by atoms with E-state index in [-0.39, 0.29) is 10.6 Å². The van der Waals surface area contributed by atoms with Crippen molar-refractivity contribution < 1.29 is 17.9 Å². The number of halogens is 1. The second-order valence-electron chi connectivity index (χ2n) is 4.52. The molecule has 2 rings (SSSR count). The summed E-state index contributed by atoms with van der Waals surface area (Å²) in [4.78, 5) is 0.0568. The lowest BCUT2D eigenvalue weighted by Gasteiger charge is -2.12. The highest BCUT2D eigenvalue weighted by Gasteiger charge is 2.20. The highest BCUT2D eigenvalue weighted by Crippen LogP contribution is 2.29. The fourth-order valence-electron chi connectivity index (χ4n) is 1.85. The third-order valence-electron chi connectivity index (χ3n) is 2.89. The number of nitrogens with one attached hydrogen (secondary N) is 1. The van der Waals surface area contributed by atoms with Crippen LogP contribution in [0.3, 0.4) is 0 Å². The average Bonchev–Trinajstić information content (AvgIpc) is 2.54. The minimum absolute atomic E-state index is 0.0568. The van der Waals surface area contributed by atoms with Crippen LogP contribution in [0.25, 0.3) is 0 Å². The van der Waals surface area contributed by atoms with Crippen LogP contribution in [0.15, 0.2) is 64.5 Å². The number of anilines is 1. The Balaban J connectivity index is 2.24. The summed E-state index contributed by atoms with van der Waals surface area (Å²) < 4.78 is 38.7. The predicted molar refractivity (Wildman–Crippen MR) is 93.6 cm³/mol. The van der Waals surface area contributed by atoms with Gasteiger partial charge in [-0.25, -0.2) is 8.42 Å². The van der Waals surface area contributed by atoms with Gasteiger partial charge in [-0.15, -0.1) is 0 Å². The molecule has 0 aliphatic carbocycles. The maximum atomic E-state index is 12.5. The molecule has 0 saturated carbocycles. The first-order chi connectivity index (χ1) is 11.0. The Hall–Kier alpha value is -1.99. The molecule has 1 N–H and O–H groups in total. The van der Waals surface area contributed by atoms with Crippen LogP contribution in [0.2, 0.25) is 0 Å². The van der Waals surface area contributed by atoms with Gasteiger partial charge in [0, 0.05) is 10.2 Å². The average molecular weight is 398 g/mol. The van der Waals surface area contributed by atoms with Crippen molar-refractivity contribution >= 4 is 31.6 Å². The summed E-state index contributed by atoms with van der Waals surface area (Å²) in [6.07, 6.45) is 1.64. The first-order valence-electron chi connectivity index (χ1n) is 6.66. The number of methoxy groups -OCH3 is 1. The lowest BCUT2D eigenvalue weighted by molar-refractivity contribution is 0.363. The molecule has 0 spiro atoms. The molecule has 0 amide bonds. The third kappa shape index (κ3) is 4.49. The zero-order valence-corrected chi connectivity index (χ0v) is 14.9. The number of ether oxygens (including phenoxy) is 2. The van der Waals surface area contributed by atoms with E-state index in [2.05, 4.69) is 27.2 Å². The summed E-state index contributed by atoms with van der Waals surface area (Å²) in [5, 5.41) is 0. The highest BCUT2D eigenvalue weighted by atomic mass is 79.9. The van der Waals surface area contributed by atoms with Crippen molar-refractivity contribution in [1.82, 2.24) is 0 Å². The molecule has 0 aromatic heterocycles. The number of rotatable bonds is 7. The van der Waals surface area contributed by atoms with Crippen LogP contribution in [0, 0.1) is 0 Å². The third-order valence-corrected chi connectivity index (χ3v) is 4.79. The van der Waals surface area contributed by atoms with E-state index in [0.717, 1.165) is 0 Å². The largest absolute Gasteiger partial charge is 0.495 e. The van der Waals surface area contributed by atoms with Gasteiger partial charge in [0.1, 0.15) is 23.0 Å². The molecule has 5 nitrogen and oxygen atoms in total. The normalized spacial score (nSPS) is 10.9. The van der Waals surface area contributed by atoms with Crippen LogP contribution in [-0.4, -0.2) is 22.1 Å². The van der Waals surface area contributed by atoms with E-state index >= 15 is 0 Å². The van der Waals surface area contributed by atoms with Crippen LogP contribution in [-0.2, 0) is 10.0 Å². The van der Waals surface area contributed by atoms with Crippen LogP contribution in [0.5, 0.6) is 11.5 Å². The van der Waals surface area contributed by atoms with Gasteiger partial charge in [-0.3, -0.25) is 4.72 Å². The molecule has 23 heavy (non-hydrogen) atoms. The van der Waals surface area contributed by atoms with E-state index in [1.54, 1.807) is 42.5 Å². The van der Waals surface area contributed by atoms with Gasteiger partial charge in [0.15, 0.2) is 0 Å². The Kier molecular flexibility index (Phi) is 5.68. The Morgan fingerprint density at radius 1 is 1.22 bits per heavy atom. The van der Waals surface area contributed by atoms with Gasteiger partial charge in [0.25, 0.3) is 10.0 Å². The maximum absolute atomic E-state index is 12.5. The molecule has 2 aromatic carbocycles. The standard InChI is InChI=1S/C16H16BrNO4S/c1-3-10-22-14-7-5-13(6-8-14)18-23(19,20)16-11-12(17)4-9-15(16)21-2/h3-9,11,18H,1,10H2,2H3. The molecular formula is C16H16BrNO4S. The van der Waals surface area contributed by atoms with Crippen molar-refractivity contribution in [3.63, 3.8) is 0 Å². The van der Waals surface area contributed by atoms with Gasteiger partial charge in [0.05, 0.1) is 7.11 Å². The van der Waals surface area contributed by atoms with E-state index in [1.807, 2.05) is 0 Å². The Labute approximate surface area is 144 Å². The van der Waals surface area contributed by atoms with Crippen LogP contribution >= 0.6 is 15.9 Å². The van der Waals surface area contributed by atoms with E-state index in [4.69, 9.17) is 9.47 Å². The lowest BCUT2D eigenvalue weighted by Crippen LogP contribution is -2.14. The van der Waals surface area contributed by atoms with Crippen molar-refractivity contribution in [2.75, 3.05) is 18.4 Å². The molecule has 2 aromatic rings. The second-order valence-corrected chi connectivity index (χ2v) is 7.09. The summed E-state index contributed by atoms with van der Waals surface area (Å²) in [7, 11) is -2.35. The van der Waals surface area contributed by atoms with Gasteiger partial charge < -0.3 is 9.47 Å². The van der Waals surface area contributed by atoms with Crippen LogP contribution < -0.4 is 14.2 Å². The molecule has 0 bridgehead atoms. The van der Waals surface area contributed by atoms with Crippen molar-refractivity contribution in [2.45, 2.75) is 4.90 Å². The van der Waals surface area contributed by atoms with Crippen LogP contribution in [0.1, 0.15) is 0 Å². The number of benzene rings is 2. The SMILES string of the molecule is C=CCOc1ccc(NS(=O)(=O)c2cc(Br)ccc2OC)cc1. The minimum atomic E-state index is -3.77. The van der Waals surface area contributed by atoms with Gasteiger partial charge in [-0.05, 0) is 42.5 Å². The molecule has 122 valence electrons. The highest BCUT2D eigenvalue weighted by molar-refractivity contribution is 9.10. The van der Waals surface area contributed by atoms with E-state index in [0.29, 0.717) is 22.5 Å². The topological polar surface area (TPSA) is 64.6 Å². The van der Waals surface area contributed by atoms with E-state index < -0.39 is 10.0 Å². The number of hydrogen-bond acceptors (Lipinski definition) is 4. The molecule has 7 heteroatoms. The van der Waals surface area contributed by atoms with Gasteiger partial charge in [-0.1, -0.05) is 28.6 Å². The summed E-state index contributed by atoms with van der Waals surface area (Å²) in [5.41, 5.74) is 0.429. The summed E-state index contributed by atoms with van der Waals surface area (Å²) in [5.74, 6) is 0.902. The van der Waals surface area contributed by atoms with Gasteiger partial charge in [-0.2, -0.15) is 0 Å². The van der Waals surface area contributed by atoms with Gasteiger partial charge in [0.2, 0.25) is 0 Å². The van der Waals surface area contributed by atoms with Crippen molar-refractivity contribution in [2.24, 2.45) is 0 Å².